The Labute approximate surface area is 92.9 Å². The molecule has 4 N–H and O–H groups in total. The Morgan fingerprint density at radius 3 is 2.94 bits per heavy atom. The fourth-order valence-corrected chi connectivity index (χ4v) is 1.09. The number of ether oxygens (including phenoxy) is 1. The van der Waals surface area contributed by atoms with Gasteiger partial charge in [-0.15, -0.1) is 0 Å². The van der Waals surface area contributed by atoms with E-state index in [1.807, 2.05) is 0 Å². The molecule has 1 aromatic carbocycles. The molecule has 0 fully saturated rings. The smallest absolute Gasteiger partial charge is 0.245 e. The van der Waals surface area contributed by atoms with Gasteiger partial charge < -0.3 is 15.6 Å². The Morgan fingerprint density at radius 2 is 2.31 bits per heavy atom. The number of hydrogen-bond acceptors (Lipinski definition) is 5. The Morgan fingerprint density at radius 1 is 1.56 bits per heavy atom. The number of carbonyl (C=O) groups excluding carboxylic acids is 1. The molecule has 1 amide bonds. The molecule has 16 heavy (non-hydrogen) atoms. The van der Waals surface area contributed by atoms with E-state index in [9.17, 15) is 9.90 Å². The lowest BCUT2D eigenvalue weighted by molar-refractivity contribution is -0.125. The monoisotopic (exact) mass is 226 g/mol. The Balaban J connectivity index is 2.45. The summed E-state index contributed by atoms with van der Waals surface area (Å²) >= 11 is 0. The molecule has 1 rings (SSSR count). The van der Waals surface area contributed by atoms with E-state index in [2.05, 4.69) is 5.48 Å². The summed E-state index contributed by atoms with van der Waals surface area (Å²) in [6.07, 6.45) is 0. The van der Waals surface area contributed by atoms with E-state index in [4.69, 9.17) is 15.3 Å². The summed E-state index contributed by atoms with van der Waals surface area (Å²) in [5.74, 6) is -0.0886. The van der Waals surface area contributed by atoms with Crippen molar-refractivity contribution >= 4 is 5.91 Å². The molecule has 0 bridgehead atoms. The maximum absolute atomic E-state index is 10.4. The van der Waals surface area contributed by atoms with Crippen LogP contribution in [-0.4, -0.2) is 24.7 Å². The third-order valence-electron chi connectivity index (χ3n) is 1.84. The first-order chi connectivity index (χ1) is 7.63. The zero-order chi connectivity index (χ0) is 12.0. The van der Waals surface area contributed by atoms with Gasteiger partial charge in [0.15, 0.2) is 11.5 Å². The highest BCUT2D eigenvalue weighted by atomic mass is 16.6. The fraction of sp³-hybridized carbons (Fsp3) is 0.300. The lowest BCUT2D eigenvalue weighted by Crippen LogP contribution is -2.24. The quantitative estimate of drug-likeness (QED) is 0.465. The second-order valence-corrected chi connectivity index (χ2v) is 3.08. The number of primary amides is 1. The first-order valence-electron chi connectivity index (χ1n) is 4.62. The standard InChI is InChI=1S/C10H14N2O4/c1-15-9-4-7(2-3-8(9)13)5-12-16-6-10(11)14/h2-4,12-13H,5-6H2,1H3,(H2,11,14). The average molecular weight is 226 g/mol. The number of hydrogen-bond donors (Lipinski definition) is 3. The normalized spacial score (nSPS) is 10.1. The first-order valence-corrected chi connectivity index (χ1v) is 4.62. The van der Waals surface area contributed by atoms with Crippen molar-refractivity contribution in [3.63, 3.8) is 0 Å². The van der Waals surface area contributed by atoms with Gasteiger partial charge in [0.1, 0.15) is 6.61 Å². The summed E-state index contributed by atoms with van der Waals surface area (Å²) in [6.45, 7) is 0.194. The van der Waals surface area contributed by atoms with Crippen LogP contribution in [0.1, 0.15) is 5.56 Å². The van der Waals surface area contributed by atoms with Gasteiger partial charge in [0, 0.05) is 6.54 Å². The van der Waals surface area contributed by atoms with Crippen molar-refractivity contribution in [3.05, 3.63) is 23.8 Å². The number of phenols is 1. The van der Waals surface area contributed by atoms with Gasteiger partial charge in [-0.05, 0) is 17.7 Å². The maximum Gasteiger partial charge on any atom is 0.245 e. The van der Waals surface area contributed by atoms with Crippen molar-refractivity contribution in [3.8, 4) is 11.5 Å². The Bertz CT molecular complexity index is 368. The summed E-state index contributed by atoms with van der Waals surface area (Å²) in [5.41, 5.74) is 8.29. The van der Waals surface area contributed by atoms with E-state index in [1.165, 1.54) is 13.2 Å². The lowest BCUT2D eigenvalue weighted by atomic mass is 10.2. The molecule has 0 unspecified atom stereocenters. The molecule has 88 valence electrons. The molecule has 0 atom stereocenters. The van der Waals surface area contributed by atoms with Gasteiger partial charge in [0.2, 0.25) is 5.91 Å². The molecule has 0 saturated heterocycles. The number of aromatic hydroxyl groups is 1. The lowest BCUT2D eigenvalue weighted by Gasteiger charge is -2.07. The predicted molar refractivity (Wildman–Crippen MR) is 56.6 cm³/mol. The maximum atomic E-state index is 10.4. The highest BCUT2D eigenvalue weighted by Gasteiger charge is 2.02. The Kier molecular flexibility index (Phi) is 4.56. The van der Waals surface area contributed by atoms with Gasteiger partial charge in [-0.2, -0.15) is 5.48 Å². The number of carbonyl (C=O) groups is 1. The summed E-state index contributed by atoms with van der Waals surface area (Å²) in [4.78, 5) is 15.1. The van der Waals surface area contributed by atoms with Crippen molar-refractivity contribution < 1.29 is 19.5 Å². The van der Waals surface area contributed by atoms with Gasteiger partial charge >= 0.3 is 0 Å². The zero-order valence-electron chi connectivity index (χ0n) is 8.90. The SMILES string of the molecule is COc1cc(CNOCC(N)=O)ccc1O. The van der Waals surface area contributed by atoms with E-state index in [-0.39, 0.29) is 12.4 Å². The van der Waals surface area contributed by atoms with Gasteiger partial charge in [-0.1, -0.05) is 6.07 Å². The van der Waals surface area contributed by atoms with Crippen LogP contribution in [0, 0.1) is 0 Å². The summed E-state index contributed by atoms with van der Waals surface area (Å²) in [5, 5.41) is 9.34. The number of rotatable bonds is 6. The van der Waals surface area contributed by atoms with Crippen LogP contribution in [0.15, 0.2) is 18.2 Å². The molecule has 0 aliphatic heterocycles. The largest absolute Gasteiger partial charge is 0.504 e. The van der Waals surface area contributed by atoms with Crippen molar-refractivity contribution in [2.75, 3.05) is 13.7 Å². The van der Waals surface area contributed by atoms with Gasteiger partial charge in [0.25, 0.3) is 0 Å². The molecule has 0 heterocycles. The molecule has 0 saturated carbocycles. The molecule has 0 radical (unpaired) electrons. The van der Waals surface area contributed by atoms with Crippen molar-refractivity contribution in [2.24, 2.45) is 5.73 Å². The predicted octanol–water partition coefficient (Wildman–Crippen LogP) is -0.0927. The molecule has 6 heteroatoms. The van der Waals surface area contributed by atoms with Gasteiger partial charge in [0.05, 0.1) is 7.11 Å². The van der Waals surface area contributed by atoms with E-state index in [0.29, 0.717) is 12.3 Å². The summed E-state index contributed by atoms with van der Waals surface area (Å²) in [6, 6.07) is 4.89. The van der Waals surface area contributed by atoms with Crippen LogP contribution in [-0.2, 0) is 16.2 Å². The molecule has 0 spiro atoms. The van der Waals surface area contributed by atoms with Crippen LogP contribution >= 0.6 is 0 Å². The van der Waals surface area contributed by atoms with E-state index < -0.39 is 5.91 Å². The number of nitrogens with one attached hydrogen (secondary N) is 1. The minimum absolute atomic E-state index is 0.0734. The minimum Gasteiger partial charge on any atom is -0.504 e. The van der Waals surface area contributed by atoms with Crippen LogP contribution < -0.4 is 16.0 Å². The van der Waals surface area contributed by atoms with Crippen molar-refractivity contribution in [1.82, 2.24) is 5.48 Å². The third-order valence-corrected chi connectivity index (χ3v) is 1.84. The number of methoxy groups -OCH3 is 1. The fourth-order valence-electron chi connectivity index (χ4n) is 1.09. The number of benzene rings is 1. The van der Waals surface area contributed by atoms with Crippen molar-refractivity contribution in [1.29, 1.82) is 0 Å². The van der Waals surface area contributed by atoms with E-state index in [0.717, 1.165) is 5.56 Å². The first kappa shape index (κ1) is 12.3. The zero-order valence-corrected chi connectivity index (χ0v) is 8.90. The number of phenolic OH excluding ortho intramolecular Hbond substituents is 1. The highest BCUT2D eigenvalue weighted by molar-refractivity contribution is 5.74. The molecule has 6 nitrogen and oxygen atoms in total. The Hall–Kier alpha value is -1.79. The van der Waals surface area contributed by atoms with E-state index in [1.54, 1.807) is 12.1 Å². The van der Waals surface area contributed by atoms with Crippen LogP contribution in [0.5, 0.6) is 11.5 Å². The molecular formula is C10H14N2O4. The van der Waals surface area contributed by atoms with Crippen LogP contribution in [0.25, 0.3) is 0 Å². The number of amides is 1. The molecule has 1 aromatic rings. The van der Waals surface area contributed by atoms with Crippen LogP contribution in [0.4, 0.5) is 0 Å². The third kappa shape index (κ3) is 3.76. The number of nitrogens with two attached hydrogens (primary N) is 1. The van der Waals surface area contributed by atoms with Gasteiger partial charge in [-0.25, -0.2) is 0 Å². The molecule has 0 aliphatic carbocycles. The topological polar surface area (TPSA) is 93.8 Å². The molecule has 0 aromatic heterocycles. The molecule has 0 aliphatic rings. The summed E-state index contributed by atoms with van der Waals surface area (Å²) < 4.78 is 4.94. The second kappa shape index (κ2) is 5.94. The second-order valence-electron chi connectivity index (χ2n) is 3.08. The van der Waals surface area contributed by atoms with Crippen LogP contribution in [0.2, 0.25) is 0 Å². The van der Waals surface area contributed by atoms with Crippen molar-refractivity contribution in [2.45, 2.75) is 6.54 Å². The number of hydroxylamine groups is 1. The summed E-state index contributed by atoms with van der Waals surface area (Å²) in [7, 11) is 1.47. The van der Waals surface area contributed by atoms with E-state index >= 15 is 0 Å². The average Bonchev–Trinajstić information content (AvgIpc) is 2.26. The molecular weight excluding hydrogens is 212 g/mol. The van der Waals surface area contributed by atoms with Gasteiger partial charge in [-0.3, -0.25) is 9.63 Å². The van der Waals surface area contributed by atoms with Crippen LogP contribution in [0.3, 0.4) is 0 Å². The minimum atomic E-state index is -0.546. The highest BCUT2D eigenvalue weighted by Crippen LogP contribution is 2.25.